The van der Waals surface area contributed by atoms with E-state index < -0.39 is 11.7 Å². The number of likely N-dealkylation sites (tertiary alicyclic amines) is 1. The largest absolute Gasteiger partial charge is 0.465 e. The van der Waals surface area contributed by atoms with E-state index in [-0.39, 0.29) is 12.0 Å². The average Bonchev–Trinajstić information content (AvgIpc) is 2.54. The van der Waals surface area contributed by atoms with Crippen LogP contribution in [0.1, 0.15) is 30.3 Å². The zero-order valence-corrected chi connectivity index (χ0v) is 13.1. The molecule has 0 saturated carbocycles. The first-order chi connectivity index (χ1) is 11.0. The Balaban J connectivity index is 1.73. The molecule has 2 saturated heterocycles. The Morgan fingerprint density at radius 1 is 1.30 bits per heavy atom. The lowest BCUT2D eigenvalue weighted by Crippen LogP contribution is -2.60. The summed E-state index contributed by atoms with van der Waals surface area (Å²) in [6.45, 7) is 3.84. The van der Waals surface area contributed by atoms with Gasteiger partial charge >= 0.3 is 6.09 Å². The van der Waals surface area contributed by atoms with Gasteiger partial charge in [-0.1, -0.05) is 6.07 Å². The molecule has 124 valence electrons. The zero-order valence-electron chi connectivity index (χ0n) is 13.1. The number of carbonyl (C=O) groups is 2. The lowest BCUT2D eigenvalue weighted by Gasteiger charge is -2.48. The van der Waals surface area contributed by atoms with E-state index in [1.165, 1.54) is 4.90 Å². The van der Waals surface area contributed by atoms with Gasteiger partial charge in [0, 0.05) is 25.8 Å². The first kappa shape index (κ1) is 15.7. The number of hydrogen-bond donors (Lipinski definition) is 1. The van der Waals surface area contributed by atoms with Crippen LogP contribution in [-0.2, 0) is 4.74 Å². The molecule has 7 heteroatoms. The summed E-state index contributed by atoms with van der Waals surface area (Å²) in [5.41, 5.74) is -0.0200. The minimum absolute atomic E-state index is 0.0761. The maximum atomic E-state index is 12.6. The molecule has 1 aromatic rings. The Hall–Kier alpha value is -2.15. The van der Waals surface area contributed by atoms with Crippen LogP contribution in [-0.4, -0.2) is 69.8 Å². The van der Waals surface area contributed by atoms with Gasteiger partial charge in [0.2, 0.25) is 0 Å². The van der Waals surface area contributed by atoms with Gasteiger partial charge in [-0.15, -0.1) is 0 Å². The fraction of sp³-hybridized carbons (Fsp3) is 0.562. The summed E-state index contributed by atoms with van der Waals surface area (Å²) in [4.78, 5) is 31.0. The van der Waals surface area contributed by atoms with Crippen LogP contribution in [0.5, 0.6) is 0 Å². The molecule has 2 amide bonds. The molecular formula is C16H21N3O4. The van der Waals surface area contributed by atoms with Crippen LogP contribution in [0.3, 0.4) is 0 Å². The van der Waals surface area contributed by atoms with Crippen molar-refractivity contribution in [3.05, 3.63) is 30.1 Å². The summed E-state index contributed by atoms with van der Waals surface area (Å²) >= 11 is 0. The first-order valence-corrected chi connectivity index (χ1v) is 7.85. The van der Waals surface area contributed by atoms with Gasteiger partial charge in [0.05, 0.1) is 18.2 Å². The smallest absolute Gasteiger partial charge is 0.407 e. The van der Waals surface area contributed by atoms with Crippen molar-refractivity contribution in [1.29, 1.82) is 0 Å². The second-order valence-electron chi connectivity index (χ2n) is 6.28. The maximum Gasteiger partial charge on any atom is 0.407 e. The van der Waals surface area contributed by atoms with E-state index in [2.05, 4.69) is 4.98 Å². The average molecular weight is 319 g/mol. The summed E-state index contributed by atoms with van der Waals surface area (Å²) in [6.07, 6.45) is 1.85. The number of nitrogens with zero attached hydrogens (tertiary/aromatic N) is 3. The monoisotopic (exact) mass is 319 g/mol. The molecule has 3 heterocycles. The predicted octanol–water partition coefficient (Wildman–Crippen LogP) is 1.46. The molecule has 1 aromatic heterocycles. The Morgan fingerprint density at radius 2 is 2.04 bits per heavy atom. The molecule has 2 fully saturated rings. The molecule has 2 aliphatic rings. The quantitative estimate of drug-likeness (QED) is 0.847. The number of aromatic nitrogens is 1. The van der Waals surface area contributed by atoms with Gasteiger partial charge in [-0.25, -0.2) is 4.79 Å². The van der Waals surface area contributed by atoms with Crippen LogP contribution < -0.4 is 0 Å². The van der Waals surface area contributed by atoms with Crippen LogP contribution >= 0.6 is 0 Å². The van der Waals surface area contributed by atoms with E-state index in [9.17, 15) is 9.59 Å². The number of rotatable bonds is 1. The van der Waals surface area contributed by atoms with Crippen LogP contribution in [0, 0.1) is 0 Å². The Bertz CT molecular complexity index is 584. The number of morpholine rings is 1. The fourth-order valence-corrected chi connectivity index (χ4v) is 3.41. The SMILES string of the molecule is CC1CN(C(=O)c2ccccn2)CC2(CCN(C(=O)O)CC2)O1. The third kappa shape index (κ3) is 3.29. The molecule has 3 rings (SSSR count). The topological polar surface area (TPSA) is 83.0 Å². The molecule has 1 atom stereocenters. The molecule has 23 heavy (non-hydrogen) atoms. The summed E-state index contributed by atoms with van der Waals surface area (Å²) < 4.78 is 6.13. The van der Waals surface area contributed by atoms with Gasteiger partial charge in [0.25, 0.3) is 5.91 Å². The highest BCUT2D eigenvalue weighted by Gasteiger charge is 2.44. The number of hydrogen-bond acceptors (Lipinski definition) is 4. The summed E-state index contributed by atoms with van der Waals surface area (Å²) in [7, 11) is 0. The third-order valence-corrected chi connectivity index (χ3v) is 4.52. The van der Waals surface area contributed by atoms with Gasteiger partial charge in [-0.2, -0.15) is 0 Å². The number of amides is 2. The standard InChI is InChI=1S/C16H21N3O4/c1-12-10-19(14(20)13-4-2-3-7-17-13)11-16(23-12)5-8-18(9-6-16)15(21)22/h2-4,7,12H,5-6,8-11H2,1H3,(H,21,22). The van der Waals surface area contributed by atoms with Crippen molar-refractivity contribution < 1.29 is 19.4 Å². The van der Waals surface area contributed by atoms with E-state index in [0.717, 1.165) is 0 Å². The second-order valence-corrected chi connectivity index (χ2v) is 6.28. The summed E-state index contributed by atoms with van der Waals surface area (Å²) in [6, 6.07) is 5.29. The Morgan fingerprint density at radius 3 is 2.65 bits per heavy atom. The van der Waals surface area contributed by atoms with E-state index in [4.69, 9.17) is 9.84 Å². The fourth-order valence-electron chi connectivity index (χ4n) is 3.41. The van der Waals surface area contributed by atoms with Crippen molar-refractivity contribution in [2.24, 2.45) is 0 Å². The molecule has 0 aromatic carbocycles. The summed E-state index contributed by atoms with van der Waals surface area (Å²) in [5.74, 6) is -0.0965. The molecular weight excluding hydrogens is 298 g/mol. The van der Waals surface area contributed by atoms with Crippen LogP contribution in [0.4, 0.5) is 4.79 Å². The molecule has 1 unspecified atom stereocenters. The van der Waals surface area contributed by atoms with Gasteiger partial charge in [0.1, 0.15) is 5.69 Å². The molecule has 1 N–H and O–H groups in total. The van der Waals surface area contributed by atoms with Crippen LogP contribution in [0.2, 0.25) is 0 Å². The van der Waals surface area contributed by atoms with Gasteiger partial charge in [-0.3, -0.25) is 9.78 Å². The van der Waals surface area contributed by atoms with Crippen molar-refractivity contribution in [3.63, 3.8) is 0 Å². The number of carbonyl (C=O) groups excluding carboxylic acids is 1. The Kier molecular flexibility index (Phi) is 4.21. The predicted molar refractivity (Wildman–Crippen MR) is 82.3 cm³/mol. The number of pyridine rings is 1. The highest BCUT2D eigenvalue weighted by Crippen LogP contribution is 2.32. The number of piperidine rings is 1. The first-order valence-electron chi connectivity index (χ1n) is 7.85. The second kappa shape index (κ2) is 6.16. The lowest BCUT2D eigenvalue weighted by molar-refractivity contribution is -0.159. The zero-order chi connectivity index (χ0) is 16.4. The number of ether oxygens (including phenoxy) is 1. The Labute approximate surface area is 134 Å². The van der Waals surface area contributed by atoms with Crippen molar-refractivity contribution >= 4 is 12.0 Å². The molecule has 0 bridgehead atoms. The van der Waals surface area contributed by atoms with Crippen LogP contribution in [0.25, 0.3) is 0 Å². The molecule has 0 radical (unpaired) electrons. The minimum Gasteiger partial charge on any atom is -0.465 e. The molecule has 0 aliphatic carbocycles. The summed E-state index contributed by atoms with van der Waals surface area (Å²) in [5, 5.41) is 9.08. The third-order valence-electron chi connectivity index (χ3n) is 4.52. The van der Waals surface area contributed by atoms with Crippen molar-refractivity contribution in [1.82, 2.24) is 14.8 Å². The highest BCUT2D eigenvalue weighted by atomic mass is 16.5. The van der Waals surface area contributed by atoms with Crippen LogP contribution in [0.15, 0.2) is 24.4 Å². The minimum atomic E-state index is -0.898. The number of carboxylic acid groups (broad SMARTS) is 1. The molecule has 1 spiro atoms. The van der Waals surface area contributed by atoms with E-state index in [1.807, 2.05) is 6.92 Å². The van der Waals surface area contributed by atoms with E-state index >= 15 is 0 Å². The van der Waals surface area contributed by atoms with Gasteiger partial charge in [0.15, 0.2) is 0 Å². The van der Waals surface area contributed by atoms with Crippen molar-refractivity contribution in [3.8, 4) is 0 Å². The lowest BCUT2D eigenvalue weighted by atomic mass is 9.88. The van der Waals surface area contributed by atoms with E-state index in [1.54, 1.807) is 29.3 Å². The molecule has 7 nitrogen and oxygen atoms in total. The van der Waals surface area contributed by atoms with Crippen molar-refractivity contribution in [2.75, 3.05) is 26.2 Å². The van der Waals surface area contributed by atoms with Crippen molar-refractivity contribution in [2.45, 2.75) is 31.5 Å². The van der Waals surface area contributed by atoms with E-state index in [0.29, 0.717) is 44.7 Å². The normalized spacial score (nSPS) is 23.8. The highest BCUT2D eigenvalue weighted by molar-refractivity contribution is 5.92. The van der Waals surface area contributed by atoms with Gasteiger partial charge in [-0.05, 0) is 31.9 Å². The van der Waals surface area contributed by atoms with Gasteiger partial charge < -0.3 is 19.6 Å². The maximum absolute atomic E-state index is 12.6. The molecule has 2 aliphatic heterocycles.